The summed E-state index contributed by atoms with van der Waals surface area (Å²) in [6.45, 7) is 2.04. The van der Waals surface area contributed by atoms with Crippen LogP contribution in [-0.2, 0) is 11.2 Å². The lowest BCUT2D eigenvalue weighted by Gasteiger charge is -2.22. The smallest absolute Gasteiger partial charge is 0.319 e. The first-order valence-corrected chi connectivity index (χ1v) is 9.53. The topological polar surface area (TPSA) is 123 Å². The molecule has 166 valence electrons. The molecule has 2 rings (SSSR count). The molecule has 0 saturated heterocycles. The molecular formula is C21H26N4O6. The molecule has 10 nitrogen and oxygen atoms in total. The van der Waals surface area contributed by atoms with Crippen molar-refractivity contribution in [2.45, 2.75) is 19.4 Å². The number of carbonyl (C=O) groups is 2. The number of benzene rings is 2. The maximum Gasteiger partial charge on any atom is 0.319 e. The van der Waals surface area contributed by atoms with Gasteiger partial charge in [0.15, 0.2) is 11.5 Å². The van der Waals surface area contributed by atoms with Crippen molar-refractivity contribution in [1.82, 2.24) is 10.2 Å². The summed E-state index contributed by atoms with van der Waals surface area (Å²) >= 11 is 0. The number of hydrogen-bond donors (Lipinski definition) is 2. The zero-order valence-corrected chi connectivity index (χ0v) is 17.9. The maximum atomic E-state index is 12.6. The fourth-order valence-electron chi connectivity index (χ4n) is 2.87. The van der Waals surface area contributed by atoms with Crippen LogP contribution in [0.3, 0.4) is 0 Å². The summed E-state index contributed by atoms with van der Waals surface area (Å²) in [6, 6.07) is 9.63. The molecule has 1 atom stereocenters. The quantitative estimate of drug-likeness (QED) is 0.466. The molecule has 0 saturated carbocycles. The van der Waals surface area contributed by atoms with E-state index in [1.165, 1.54) is 29.2 Å². The van der Waals surface area contributed by atoms with Crippen LogP contribution in [0.2, 0.25) is 0 Å². The monoisotopic (exact) mass is 430 g/mol. The highest BCUT2D eigenvalue weighted by molar-refractivity contribution is 5.93. The Morgan fingerprint density at radius 3 is 2.32 bits per heavy atom. The van der Waals surface area contributed by atoms with E-state index in [4.69, 9.17) is 9.47 Å². The minimum Gasteiger partial charge on any atom is -0.493 e. The van der Waals surface area contributed by atoms with Gasteiger partial charge in [0.25, 0.3) is 5.69 Å². The number of rotatable bonds is 9. The Morgan fingerprint density at radius 2 is 1.74 bits per heavy atom. The molecule has 0 bridgehead atoms. The van der Waals surface area contributed by atoms with Crippen molar-refractivity contribution < 1.29 is 24.0 Å². The summed E-state index contributed by atoms with van der Waals surface area (Å²) in [5.74, 6) is 0.999. The van der Waals surface area contributed by atoms with Crippen molar-refractivity contribution >= 4 is 23.3 Å². The number of nitrogens with one attached hydrogen (secondary N) is 2. The van der Waals surface area contributed by atoms with Gasteiger partial charge in [0.05, 0.1) is 19.1 Å². The summed E-state index contributed by atoms with van der Waals surface area (Å²) in [7, 11) is 4.79. The van der Waals surface area contributed by atoms with Crippen LogP contribution in [0.1, 0.15) is 12.5 Å². The van der Waals surface area contributed by atoms with Crippen molar-refractivity contribution in [3.05, 3.63) is 58.1 Å². The van der Waals surface area contributed by atoms with Gasteiger partial charge in [0.2, 0.25) is 5.91 Å². The summed E-state index contributed by atoms with van der Waals surface area (Å²) in [4.78, 5) is 36.4. The second-order valence-corrected chi connectivity index (χ2v) is 6.82. The molecule has 2 aromatic carbocycles. The van der Waals surface area contributed by atoms with Gasteiger partial charge in [-0.3, -0.25) is 14.9 Å². The first-order chi connectivity index (χ1) is 14.7. The zero-order chi connectivity index (χ0) is 23.0. The minimum absolute atomic E-state index is 0.0781. The van der Waals surface area contributed by atoms with Gasteiger partial charge in [-0.15, -0.1) is 0 Å². The molecule has 2 N–H and O–H groups in total. The molecule has 0 aliphatic rings. The predicted molar refractivity (Wildman–Crippen MR) is 116 cm³/mol. The van der Waals surface area contributed by atoms with E-state index < -0.39 is 17.0 Å². The Hall–Kier alpha value is -3.82. The number of nitro benzene ring substituents is 1. The van der Waals surface area contributed by atoms with Crippen LogP contribution in [0, 0.1) is 10.1 Å². The van der Waals surface area contributed by atoms with Crippen LogP contribution in [0.4, 0.5) is 16.2 Å². The van der Waals surface area contributed by atoms with E-state index >= 15 is 0 Å². The lowest BCUT2D eigenvalue weighted by Crippen LogP contribution is -2.47. The summed E-state index contributed by atoms with van der Waals surface area (Å²) in [5.41, 5.74) is 1.28. The van der Waals surface area contributed by atoms with Gasteiger partial charge in [-0.1, -0.05) is 6.07 Å². The van der Waals surface area contributed by atoms with Crippen molar-refractivity contribution in [3.8, 4) is 11.5 Å². The van der Waals surface area contributed by atoms with Gasteiger partial charge in [0, 0.05) is 31.4 Å². The van der Waals surface area contributed by atoms with Crippen LogP contribution < -0.4 is 20.1 Å². The average molecular weight is 430 g/mol. The lowest BCUT2D eigenvalue weighted by molar-refractivity contribution is -0.384. The number of amides is 3. The third-order valence-corrected chi connectivity index (χ3v) is 4.61. The third kappa shape index (κ3) is 6.59. The Kier molecular flexibility index (Phi) is 8.18. The standard InChI is InChI=1S/C21H26N4O6/c1-14(22-21(27)23-16-6-8-17(9-7-16)25(28)29)20(26)24(2)12-11-15-5-10-18(30-3)19(13-15)31-4/h5-10,13-14H,11-12H2,1-4H3,(H2,22,23,27). The second kappa shape index (κ2) is 10.8. The molecule has 0 aliphatic heterocycles. The highest BCUT2D eigenvalue weighted by Gasteiger charge is 2.19. The Labute approximate surface area is 180 Å². The minimum atomic E-state index is -0.756. The van der Waals surface area contributed by atoms with Gasteiger partial charge in [-0.25, -0.2) is 4.79 Å². The largest absolute Gasteiger partial charge is 0.493 e. The van der Waals surface area contributed by atoms with Crippen LogP contribution in [0.5, 0.6) is 11.5 Å². The highest BCUT2D eigenvalue weighted by Crippen LogP contribution is 2.27. The fraction of sp³-hybridized carbons (Fsp3) is 0.333. The number of carbonyl (C=O) groups excluding carboxylic acids is 2. The van der Waals surface area contributed by atoms with E-state index in [2.05, 4.69) is 10.6 Å². The number of nitro groups is 1. The van der Waals surface area contributed by atoms with Gasteiger partial charge < -0.3 is 25.0 Å². The van der Waals surface area contributed by atoms with Gasteiger partial charge >= 0.3 is 6.03 Å². The third-order valence-electron chi connectivity index (χ3n) is 4.61. The molecule has 10 heteroatoms. The predicted octanol–water partition coefficient (Wildman–Crippen LogP) is 2.82. The molecule has 31 heavy (non-hydrogen) atoms. The highest BCUT2D eigenvalue weighted by atomic mass is 16.6. The zero-order valence-electron chi connectivity index (χ0n) is 17.9. The Balaban J connectivity index is 1.86. The van der Waals surface area contributed by atoms with Crippen molar-refractivity contribution in [1.29, 1.82) is 0 Å². The van der Waals surface area contributed by atoms with Gasteiger partial charge in [-0.2, -0.15) is 0 Å². The van der Waals surface area contributed by atoms with Gasteiger partial charge in [-0.05, 0) is 43.2 Å². The summed E-state index contributed by atoms with van der Waals surface area (Å²) < 4.78 is 10.5. The molecule has 3 amide bonds. The molecule has 0 aliphatic carbocycles. The number of nitrogens with zero attached hydrogens (tertiary/aromatic N) is 2. The molecular weight excluding hydrogens is 404 g/mol. The van der Waals surface area contributed by atoms with Crippen molar-refractivity contribution in [2.75, 3.05) is 33.1 Å². The summed E-state index contributed by atoms with van der Waals surface area (Å²) in [5, 5.41) is 15.8. The molecule has 0 spiro atoms. The van der Waals surface area contributed by atoms with E-state index in [1.807, 2.05) is 18.2 Å². The number of non-ortho nitro benzene ring substituents is 1. The second-order valence-electron chi connectivity index (χ2n) is 6.82. The number of hydrogen-bond acceptors (Lipinski definition) is 6. The number of ether oxygens (including phenoxy) is 2. The molecule has 0 fully saturated rings. The van der Waals surface area contributed by atoms with E-state index in [9.17, 15) is 19.7 Å². The van der Waals surface area contributed by atoms with Crippen LogP contribution >= 0.6 is 0 Å². The summed E-state index contributed by atoms with van der Waals surface area (Å²) in [6.07, 6.45) is 0.601. The molecule has 0 radical (unpaired) electrons. The Bertz CT molecular complexity index is 932. The maximum absolute atomic E-state index is 12.6. The first-order valence-electron chi connectivity index (χ1n) is 9.53. The number of methoxy groups -OCH3 is 2. The van der Waals surface area contributed by atoms with Crippen molar-refractivity contribution in [3.63, 3.8) is 0 Å². The Morgan fingerprint density at radius 1 is 1.10 bits per heavy atom. The number of anilines is 1. The normalized spacial score (nSPS) is 11.2. The van der Waals surface area contributed by atoms with Gasteiger partial charge in [0.1, 0.15) is 6.04 Å². The van der Waals surface area contributed by atoms with E-state index in [1.54, 1.807) is 28.2 Å². The first kappa shape index (κ1) is 23.5. The lowest BCUT2D eigenvalue weighted by atomic mass is 10.1. The van der Waals surface area contributed by atoms with E-state index in [-0.39, 0.29) is 11.6 Å². The van der Waals surface area contributed by atoms with Crippen molar-refractivity contribution in [2.24, 2.45) is 0 Å². The molecule has 0 aromatic heterocycles. The molecule has 0 heterocycles. The SMILES string of the molecule is COc1ccc(CCN(C)C(=O)C(C)NC(=O)Nc2ccc([N+](=O)[O-])cc2)cc1OC. The van der Waals surface area contributed by atoms with E-state index in [0.29, 0.717) is 30.2 Å². The fourth-order valence-corrected chi connectivity index (χ4v) is 2.87. The van der Waals surface area contributed by atoms with Crippen LogP contribution in [0.15, 0.2) is 42.5 Å². The van der Waals surface area contributed by atoms with E-state index in [0.717, 1.165) is 5.56 Å². The number of urea groups is 1. The van der Waals surface area contributed by atoms with Crippen LogP contribution in [0.25, 0.3) is 0 Å². The number of likely N-dealkylation sites (N-methyl/N-ethyl adjacent to an activating group) is 1. The van der Waals surface area contributed by atoms with Crippen LogP contribution in [-0.4, -0.2) is 55.6 Å². The average Bonchev–Trinajstić information content (AvgIpc) is 2.76. The molecule has 2 aromatic rings. The molecule has 1 unspecified atom stereocenters.